The van der Waals surface area contributed by atoms with Gasteiger partial charge in [0.15, 0.2) is 0 Å². The van der Waals surface area contributed by atoms with Crippen molar-refractivity contribution in [3.63, 3.8) is 0 Å². The Morgan fingerprint density at radius 2 is 2.00 bits per heavy atom. The lowest BCUT2D eigenvalue weighted by Gasteiger charge is -2.04. The van der Waals surface area contributed by atoms with E-state index >= 15 is 0 Å². The Morgan fingerprint density at radius 3 is 2.70 bits per heavy atom. The molecule has 0 aliphatic heterocycles. The van der Waals surface area contributed by atoms with Crippen LogP contribution >= 0.6 is 11.6 Å². The molecule has 0 bridgehead atoms. The van der Waals surface area contributed by atoms with E-state index in [2.05, 4.69) is 4.98 Å². The monoisotopic (exact) mass is 285 g/mol. The van der Waals surface area contributed by atoms with Gasteiger partial charge in [-0.05, 0) is 48.2 Å². The highest BCUT2D eigenvalue weighted by atomic mass is 35.5. The molecular formula is C16H12ClNO2. The van der Waals surface area contributed by atoms with Crippen LogP contribution in [0.1, 0.15) is 27.2 Å². The van der Waals surface area contributed by atoms with E-state index in [-0.39, 0.29) is 0 Å². The number of pyridine rings is 1. The third-order valence-electron chi connectivity index (χ3n) is 3.41. The molecule has 2 aromatic rings. The van der Waals surface area contributed by atoms with Gasteiger partial charge in [0, 0.05) is 11.2 Å². The van der Waals surface area contributed by atoms with Crippen LogP contribution in [-0.2, 0) is 12.8 Å². The summed E-state index contributed by atoms with van der Waals surface area (Å²) in [7, 11) is 0. The van der Waals surface area contributed by atoms with Gasteiger partial charge in [-0.1, -0.05) is 29.3 Å². The topological polar surface area (TPSA) is 50.2 Å². The first-order valence-electron chi connectivity index (χ1n) is 6.28. The van der Waals surface area contributed by atoms with Gasteiger partial charge in [0.05, 0.1) is 11.3 Å². The van der Waals surface area contributed by atoms with Gasteiger partial charge in [-0.15, -0.1) is 0 Å². The number of benzene rings is 1. The molecule has 1 heterocycles. The van der Waals surface area contributed by atoms with Crippen molar-refractivity contribution in [2.45, 2.75) is 12.8 Å². The number of hydrogen-bond donors (Lipinski definition) is 1. The van der Waals surface area contributed by atoms with Crippen LogP contribution in [0.3, 0.4) is 0 Å². The summed E-state index contributed by atoms with van der Waals surface area (Å²) in [5.74, 6) is -0.898. The largest absolute Gasteiger partial charge is 0.478 e. The second-order valence-electron chi connectivity index (χ2n) is 4.81. The maximum atomic E-state index is 11.2. The van der Waals surface area contributed by atoms with Gasteiger partial charge in [0.25, 0.3) is 0 Å². The van der Waals surface area contributed by atoms with E-state index in [0.29, 0.717) is 17.0 Å². The molecule has 20 heavy (non-hydrogen) atoms. The number of aromatic carboxylic acids is 1. The van der Waals surface area contributed by atoms with E-state index in [4.69, 9.17) is 11.6 Å². The summed E-state index contributed by atoms with van der Waals surface area (Å²) in [6.07, 6.45) is 4.96. The van der Waals surface area contributed by atoms with Crippen LogP contribution in [0.25, 0.3) is 6.08 Å². The lowest BCUT2D eigenvalue weighted by atomic mass is 10.0. The number of halogens is 1. The lowest BCUT2D eigenvalue weighted by molar-refractivity contribution is 0.0695. The molecule has 4 heteroatoms. The molecule has 3 rings (SSSR count). The van der Waals surface area contributed by atoms with Crippen LogP contribution in [0.5, 0.6) is 0 Å². The Balaban J connectivity index is 1.84. The number of rotatable bonds is 3. The molecule has 0 unspecified atom stereocenters. The molecule has 0 saturated carbocycles. The van der Waals surface area contributed by atoms with Crippen molar-refractivity contribution >= 4 is 23.6 Å². The Hall–Kier alpha value is -2.13. The molecule has 0 saturated heterocycles. The summed E-state index contributed by atoms with van der Waals surface area (Å²) in [6, 6.07) is 9.25. The molecule has 0 spiro atoms. The molecule has 0 amide bonds. The first kappa shape index (κ1) is 12.9. The van der Waals surface area contributed by atoms with Crippen molar-refractivity contribution in [3.05, 3.63) is 69.5 Å². The highest BCUT2D eigenvalue weighted by Crippen LogP contribution is 2.28. The third-order valence-corrected chi connectivity index (χ3v) is 3.66. The fourth-order valence-corrected chi connectivity index (χ4v) is 2.59. The average Bonchev–Trinajstić information content (AvgIpc) is 2.83. The van der Waals surface area contributed by atoms with Crippen molar-refractivity contribution in [3.8, 4) is 0 Å². The van der Waals surface area contributed by atoms with Gasteiger partial charge in [0.1, 0.15) is 0 Å². The molecule has 0 fully saturated rings. The Kier molecular flexibility index (Phi) is 3.28. The van der Waals surface area contributed by atoms with Gasteiger partial charge in [-0.3, -0.25) is 4.98 Å². The standard InChI is InChI=1S/C16H12ClNO2/c17-12-3-1-10(2-4-12)7-11-8-14-13(16(19)20)5-6-18-15(14)9-11/h1-6,9H,7-8H2,(H,19,20). The number of hydrogen-bond acceptors (Lipinski definition) is 2. The zero-order valence-corrected chi connectivity index (χ0v) is 11.4. The highest BCUT2D eigenvalue weighted by Gasteiger charge is 2.20. The van der Waals surface area contributed by atoms with E-state index in [1.807, 2.05) is 30.3 Å². The van der Waals surface area contributed by atoms with Crippen LogP contribution in [0.15, 0.2) is 42.1 Å². The van der Waals surface area contributed by atoms with Gasteiger partial charge in [-0.2, -0.15) is 0 Å². The van der Waals surface area contributed by atoms with Crippen LogP contribution in [0.2, 0.25) is 5.02 Å². The summed E-state index contributed by atoms with van der Waals surface area (Å²) < 4.78 is 0. The molecule has 1 aliphatic rings. The second-order valence-corrected chi connectivity index (χ2v) is 5.25. The number of fused-ring (bicyclic) bond motifs is 1. The predicted molar refractivity (Wildman–Crippen MR) is 78.0 cm³/mol. The lowest BCUT2D eigenvalue weighted by Crippen LogP contribution is -2.03. The van der Waals surface area contributed by atoms with E-state index in [1.54, 1.807) is 12.3 Å². The fraction of sp³-hybridized carbons (Fsp3) is 0.125. The minimum absolute atomic E-state index is 0.345. The van der Waals surface area contributed by atoms with Gasteiger partial charge < -0.3 is 5.11 Å². The second kappa shape index (κ2) is 5.10. The molecule has 100 valence electrons. The van der Waals surface area contributed by atoms with Crippen molar-refractivity contribution < 1.29 is 9.90 Å². The minimum atomic E-state index is -0.898. The van der Waals surface area contributed by atoms with E-state index in [0.717, 1.165) is 23.2 Å². The number of carbonyl (C=O) groups is 1. The third kappa shape index (κ3) is 2.45. The van der Waals surface area contributed by atoms with Gasteiger partial charge >= 0.3 is 5.97 Å². The summed E-state index contributed by atoms with van der Waals surface area (Å²) in [6.45, 7) is 0. The molecular weight excluding hydrogens is 274 g/mol. The highest BCUT2D eigenvalue weighted by molar-refractivity contribution is 6.30. The number of nitrogens with zero attached hydrogens (tertiary/aromatic N) is 1. The summed E-state index contributed by atoms with van der Waals surface area (Å²) >= 11 is 5.87. The SMILES string of the molecule is O=C(O)c1ccnc2c1CC(Cc1ccc(Cl)cc1)=C2. The maximum absolute atomic E-state index is 11.2. The molecule has 0 radical (unpaired) electrons. The molecule has 1 N–H and O–H groups in total. The van der Waals surface area contributed by atoms with Crippen molar-refractivity contribution in [2.24, 2.45) is 0 Å². The maximum Gasteiger partial charge on any atom is 0.336 e. The van der Waals surface area contributed by atoms with Crippen molar-refractivity contribution in [2.75, 3.05) is 0 Å². The Bertz CT molecular complexity index is 705. The van der Waals surface area contributed by atoms with E-state index < -0.39 is 5.97 Å². The Morgan fingerprint density at radius 1 is 1.25 bits per heavy atom. The first-order chi connectivity index (χ1) is 9.63. The molecule has 0 atom stereocenters. The van der Waals surface area contributed by atoms with Crippen molar-refractivity contribution in [1.29, 1.82) is 0 Å². The van der Waals surface area contributed by atoms with Gasteiger partial charge in [0.2, 0.25) is 0 Å². The number of aromatic nitrogens is 1. The van der Waals surface area contributed by atoms with Gasteiger partial charge in [-0.25, -0.2) is 4.79 Å². The summed E-state index contributed by atoms with van der Waals surface area (Å²) in [4.78, 5) is 15.4. The van der Waals surface area contributed by atoms with Crippen LogP contribution in [0, 0.1) is 0 Å². The zero-order valence-electron chi connectivity index (χ0n) is 10.6. The van der Waals surface area contributed by atoms with E-state index in [9.17, 15) is 9.90 Å². The normalized spacial score (nSPS) is 12.9. The number of allylic oxidation sites excluding steroid dienone is 1. The molecule has 1 aromatic carbocycles. The quantitative estimate of drug-likeness (QED) is 0.937. The number of carboxylic acids is 1. The average molecular weight is 286 g/mol. The Labute approximate surface area is 121 Å². The summed E-state index contributed by atoms with van der Waals surface area (Å²) in [5, 5.41) is 9.90. The first-order valence-corrected chi connectivity index (χ1v) is 6.66. The number of carboxylic acid groups (broad SMARTS) is 1. The van der Waals surface area contributed by atoms with Crippen LogP contribution in [-0.4, -0.2) is 16.1 Å². The van der Waals surface area contributed by atoms with Crippen LogP contribution in [0.4, 0.5) is 0 Å². The van der Waals surface area contributed by atoms with Crippen molar-refractivity contribution in [1.82, 2.24) is 4.98 Å². The minimum Gasteiger partial charge on any atom is -0.478 e. The molecule has 1 aliphatic carbocycles. The fourth-order valence-electron chi connectivity index (χ4n) is 2.47. The summed E-state index contributed by atoms with van der Waals surface area (Å²) in [5.41, 5.74) is 4.25. The van der Waals surface area contributed by atoms with Crippen LogP contribution < -0.4 is 0 Å². The smallest absolute Gasteiger partial charge is 0.336 e. The zero-order chi connectivity index (χ0) is 14.1. The molecule has 3 nitrogen and oxygen atoms in total. The predicted octanol–water partition coefficient (Wildman–Crippen LogP) is 3.62. The molecule has 1 aromatic heterocycles. The van der Waals surface area contributed by atoms with E-state index in [1.165, 1.54) is 5.57 Å².